The number of rotatable bonds is 2. The zero-order chi connectivity index (χ0) is 13.3. The molecule has 0 bridgehead atoms. The molecule has 1 saturated heterocycles. The zero-order valence-corrected chi connectivity index (χ0v) is 12.1. The summed E-state index contributed by atoms with van der Waals surface area (Å²) < 4.78 is 0. The first-order valence-corrected chi connectivity index (χ1v) is 7.77. The molecule has 2 heteroatoms. The normalized spacial score (nSPS) is 22.1. The van der Waals surface area contributed by atoms with E-state index in [1.807, 2.05) is 0 Å². The molecule has 2 nitrogen and oxygen atoms in total. The molecule has 1 aromatic carbocycles. The third-order valence-corrected chi connectivity index (χ3v) is 5.07. The van der Waals surface area contributed by atoms with Crippen LogP contribution >= 0.6 is 0 Å². The molecule has 2 aliphatic rings. The van der Waals surface area contributed by atoms with Gasteiger partial charge in [-0.1, -0.05) is 37.8 Å². The molecule has 1 aromatic rings. The van der Waals surface area contributed by atoms with Gasteiger partial charge in [-0.15, -0.1) is 0 Å². The van der Waals surface area contributed by atoms with E-state index >= 15 is 0 Å². The molecule has 19 heavy (non-hydrogen) atoms. The lowest BCUT2D eigenvalue weighted by atomic mass is 9.73. The summed E-state index contributed by atoms with van der Waals surface area (Å²) in [5, 5.41) is 0. The minimum Gasteiger partial charge on any atom is -0.370 e. The highest BCUT2D eigenvalue weighted by Gasteiger charge is 2.42. The summed E-state index contributed by atoms with van der Waals surface area (Å²) in [5.74, 6) is 0. The Hall–Kier alpha value is -1.02. The average molecular weight is 258 g/mol. The molecular weight excluding hydrogens is 232 g/mol. The Morgan fingerprint density at radius 3 is 2.42 bits per heavy atom. The fourth-order valence-corrected chi connectivity index (χ4v) is 3.85. The molecule has 0 radical (unpaired) electrons. The first-order valence-electron chi connectivity index (χ1n) is 7.77. The van der Waals surface area contributed by atoms with E-state index in [0.29, 0.717) is 12.0 Å². The average Bonchev–Trinajstić information content (AvgIpc) is 2.63. The molecule has 0 aromatic heterocycles. The van der Waals surface area contributed by atoms with E-state index in [1.54, 1.807) is 0 Å². The Balaban J connectivity index is 1.72. The minimum atomic E-state index is 0.641. The maximum atomic E-state index is 5.77. The van der Waals surface area contributed by atoms with Crippen LogP contribution in [0.4, 0.5) is 5.69 Å². The Bertz CT molecular complexity index is 437. The zero-order valence-electron chi connectivity index (χ0n) is 12.1. The molecule has 0 unspecified atom stereocenters. The fraction of sp³-hybridized carbons (Fsp3) is 0.647. The van der Waals surface area contributed by atoms with Crippen molar-refractivity contribution in [2.45, 2.75) is 52.0 Å². The lowest BCUT2D eigenvalue weighted by Crippen LogP contribution is -2.56. The molecule has 0 atom stereocenters. The van der Waals surface area contributed by atoms with E-state index in [0.717, 1.165) is 0 Å². The summed E-state index contributed by atoms with van der Waals surface area (Å²) >= 11 is 0. The summed E-state index contributed by atoms with van der Waals surface area (Å²) in [6, 6.07) is 6.66. The van der Waals surface area contributed by atoms with Crippen molar-refractivity contribution in [1.82, 2.24) is 0 Å². The maximum Gasteiger partial charge on any atom is 0.0399 e. The van der Waals surface area contributed by atoms with Gasteiger partial charge in [0.2, 0.25) is 0 Å². The Morgan fingerprint density at radius 2 is 1.79 bits per heavy atom. The van der Waals surface area contributed by atoms with E-state index in [-0.39, 0.29) is 0 Å². The minimum absolute atomic E-state index is 0.641. The standard InChI is InChI=1S/C17H26N2/c1-14-6-7-15(11-18)10-16(14)19-12-17(13-19)8-4-2-3-5-9-17/h6-7,10H,2-5,8-9,11-13,18H2,1H3. The first kappa shape index (κ1) is 13.0. The van der Waals surface area contributed by atoms with Crippen LogP contribution in [0.5, 0.6) is 0 Å². The van der Waals surface area contributed by atoms with Crippen LogP contribution in [-0.2, 0) is 6.54 Å². The van der Waals surface area contributed by atoms with Crippen LogP contribution in [0.25, 0.3) is 0 Å². The second kappa shape index (κ2) is 5.16. The van der Waals surface area contributed by atoms with Crippen LogP contribution < -0.4 is 10.6 Å². The van der Waals surface area contributed by atoms with Crippen LogP contribution in [0.15, 0.2) is 18.2 Å². The molecule has 2 fully saturated rings. The molecule has 1 spiro atoms. The highest BCUT2D eigenvalue weighted by Crippen LogP contribution is 2.45. The summed E-state index contributed by atoms with van der Waals surface area (Å²) in [4.78, 5) is 2.57. The lowest BCUT2D eigenvalue weighted by molar-refractivity contribution is 0.180. The smallest absolute Gasteiger partial charge is 0.0399 e. The Labute approximate surface area is 117 Å². The SMILES string of the molecule is Cc1ccc(CN)cc1N1CC2(CCCCCC2)C1. The Morgan fingerprint density at radius 1 is 1.11 bits per heavy atom. The van der Waals surface area contributed by atoms with Gasteiger partial charge < -0.3 is 10.6 Å². The molecule has 0 amide bonds. The van der Waals surface area contributed by atoms with Gasteiger partial charge in [0.05, 0.1) is 0 Å². The third kappa shape index (κ3) is 2.51. The maximum absolute atomic E-state index is 5.77. The molecule has 1 saturated carbocycles. The second-order valence-electron chi connectivity index (χ2n) is 6.60. The fourth-order valence-electron chi connectivity index (χ4n) is 3.85. The van der Waals surface area contributed by atoms with E-state index in [9.17, 15) is 0 Å². The molecule has 1 heterocycles. The predicted octanol–water partition coefficient (Wildman–Crippen LogP) is 3.61. The van der Waals surface area contributed by atoms with Crippen molar-refractivity contribution in [2.24, 2.45) is 11.1 Å². The van der Waals surface area contributed by atoms with Crippen LogP contribution in [0.1, 0.15) is 49.7 Å². The van der Waals surface area contributed by atoms with Crippen LogP contribution in [0.3, 0.4) is 0 Å². The summed E-state index contributed by atoms with van der Waals surface area (Å²) in [6.07, 6.45) is 8.66. The summed E-state index contributed by atoms with van der Waals surface area (Å²) in [7, 11) is 0. The first-order chi connectivity index (χ1) is 9.22. The molecule has 3 rings (SSSR count). The molecule has 104 valence electrons. The van der Waals surface area contributed by atoms with Crippen molar-refractivity contribution in [3.05, 3.63) is 29.3 Å². The van der Waals surface area contributed by atoms with Gasteiger partial charge in [-0.25, -0.2) is 0 Å². The largest absolute Gasteiger partial charge is 0.370 e. The lowest BCUT2D eigenvalue weighted by Gasteiger charge is -2.52. The number of nitrogens with two attached hydrogens (primary N) is 1. The Kier molecular flexibility index (Phi) is 3.53. The van der Waals surface area contributed by atoms with Gasteiger partial charge in [-0.05, 0) is 37.0 Å². The third-order valence-electron chi connectivity index (χ3n) is 5.07. The van der Waals surface area contributed by atoms with Crippen molar-refractivity contribution in [3.63, 3.8) is 0 Å². The van der Waals surface area contributed by atoms with Gasteiger partial charge in [-0.2, -0.15) is 0 Å². The monoisotopic (exact) mass is 258 g/mol. The van der Waals surface area contributed by atoms with Crippen molar-refractivity contribution in [2.75, 3.05) is 18.0 Å². The van der Waals surface area contributed by atoms with Gasteiger partial charge >= 0.3 is 0 Å². The van der Waals surface area contributed by atoms with Crippen molar-refractivity contribution in [3.8, 4) is 0 Å². The van der Waals surface area contributed by atoms with E-state index < -0.39 is 0 Å². The highest BCUT2D eigenvalue weighted by molar-refractivity contribution is 5.57. The van der Waals surface area contributed by atoms with Gasteiger partial charge in [-0.3, -0.25) is 0 Å². The highest BCUT2D eigenvalue weighted by atomic mass is 15.2. The van der Waals surface area contributed by atoms with Crippen molar-refractivity contribution >= 4 is 5.69 Å². The number of hydrogen-bond donors (Lipinski definition) is 1. The number of nitrogens with zero attached hydrogens (tertiary/aromatic N) is 1. The summed E-state index contributed by atoms with van der Waals surface area (Å²) in [5.41, 5.74) is 10.5. The summed E-state index contributed by atoms with van der Waals surface area (Å²) in [6.45, 7) is 5.39. The van der Waals surface area contributed by atoms with Gasteiger partial charge in [0, 0.05) is 30.7 Å². The quantitative estimate of drug-likeness (QED) is 0.878. The predicted molar refractivity (Wildman–Crippen MR) is 81.4 cm³/mol. The van der Waals surface area contributed by atoms with E-state index in [1.165, 1.54) is 68.4 Å². The number of hydrogen-bond acceptors (Lipinski definition) is 2. The van der Waals surface area contributed by atoms with Gasteiger partial charge in [0.15, 0.2) is 0 Å². The van der Waals surface area contributed by atoms with Gasteiger partial charge in [0.25, 0.3) is 0 Å². The van der Waals surface area contributed by atoms with Crippen molar-refractivity contribution < 1.29 is 0 Å². The molecule has 1 aliphatic heterocycles. The van der Waals surface area contributed by atoms with E-state index in [4.69, 9.17) is 5.73 Å². The second-order valence-corrected chi connectivity index (χ2v) is 6.60. The van der Waals surface area contributed by atoms with Crippen LogP contribution in [0.2, 0.25) is 0 Å². The van der Waals surface area contributed by atoms with Crippen molar-refractivity contribution in [1.29, 1.82) is 0 Å². The molecule has 1 aliphatic carbocycles. The van der Waals surface area contributed by atoms with Crippen LogP contribution in [0, 0.1) is 12.3 Å². The number of aryl methyl sites for hydroxylation is 1. The van der Waals surface area contributed by atoms with Crippen LogP contribution in [-0.4, -0.2) is 13.1 Å². The topological polar surface area (TPSA) is 29.3 Å². The van der Waals surface area contributed by atoms with E-state index in [2.05, 4.69) is 30.0 Å². The van der Waals surface area contributed by atoms with Gasteiger partial charge in [0.1, 0.15) is 0 Å². The molecule has 2 N–H and O–H groups in total. The number of benzene rings is 1. The number of anilines is 1. The molecular formula is C17H26N2.